The van der Waals surface area contributed by atoms with E-state index in [-0.39, 0.29) is 35.9 Å². The molecule has 0 spiro atoms. The van der Waals surface area contributed by atoms with Crippen LogP contribution in [0.3, 0.4) is 0 Å². The Morgan fingerprint density at radius 3 is 2.55 bits per heavy atom. The first-order chi connectivity index (χ1) is 9.20. The number of nitrogens with zero attached hydrogens (tertiary/aromatic N) is 1. The predicted molar refractivity (Wildman–Crippen MR) is 80.1 cm³/mol. The van der Waals surface area contributed by atoms with Gasteiger partial charge in [0.1, 0.15) is 0 Å². The van der Waals surface area contributed by atoms with Crippen molar-refractivity contribution in [1.29, 1.82) is 0 Å². The van der Waals surface area contributed by atoms with Crippen molar-refractivity contribution in [2.45, 2.75) is 65.5 Å². The second-order valence-corrected chi connectivity index (χ2v) is 7.02. The first kappa shape index (κ1) is 17.0. The molecule has 2 amide bonds. The summed E-state index contributed by atoms with van der Waals surface area (Å²) in [4.78, 5) is 25.8. The molecule has 5 nitrogen and oxygen atoms in total. The van der Waals surface area contributed by atoms with Gasteiger partial charge in [-0.25, -0.2) is 0 Å². The molecule has 0 aromatic heterocycles. The van der Waals surface area contributed by atoms with Gasteiger partial charge >= 0.3 is 0 Å². The summed E-state index contributed by atoms with van der Waals surface area (Å²) in [5.74, 6) is -0.0885. The van der Waals surface area contributed by atoms with Gasteiger partial charge in [-0.05, 0) is 31.6 Å². The zero-order valence-corrected chi connectivity index (χ0v) is 13.2. The van der Waals surface area contributed by atoms with Crippen LogP contribution in [-0.4, -0.2) is 41.9 Å². The molecule has 0 aromatic carbocycles. The summed E-state index contributed by atoms with van der Waals surface area (Å²) in [5, 5.41) is 2.72. The van der Waals surface area contributed by atoms with Crippen LogP contribution in [0.1, 0.15) is 53.4 Å². The predicted octanol–water partition coefficient (Wildman–Crippen LogP) is 1.27. The molecule has 5 heteroatoms. The maximum absolute atomic E-state index is 12.2. The molecule has 1 fully saturated rings. The lowest BCUT2D eigenvalue weighted by atomic mass is 9.92. The van der Waals surface area contributed by atoms with E-state index in [0.717, 1.165) is 25.8 Å². The molecule has 0 saturated carbocycles. The number of piperidine rings is 1. The van der Waals surface area contributed by atoms with Crippen LogP contribution in [0.2, 0.25) is 0 Å². The number of hydrogen-bond acceptors (Lipinski definition) is 3. The van der Waals surface area contributed by atoms with E-state index in [1.807, 2.05) is 32.6 Å². The van der Waals surface area contributed by atoms with Crippen LogP contribution in [0.25, 0.3) is 0 Å². The van der Waals surface area contributed by atoms with Crippen molar-refractivity contribution in [2.24, 2.45) is 11.1 Å². The summed E-state index contributed by atoms with van der Waals surface area (Å²) in [6, 6.07) is 0.0836. The van der Waals surface area contributed by atoms with Crippen molar-refractivity contribution in [2.75, 3.05) is 13.1 Å². The normalized spacial score (nSPS) is 21.4. The highest BCUT2D eigenvalue weighted by Crippen LogP contribution is 2.19. The molecule has 3 N–H and O–H groups in total. The molecular weight excluding hydrogens is 254 g/mol. The van der Waals surface area contributed by atoms with E-state index in [2.05, 4.69) is 5.32 Å². The Balaban J connectivity index is 2.47. The lowest BCUT2D eigenvalue weighted by Gasteiger charge is -2.38. The lowest BCUT2D eigenvalue weighted by molar-refractivity contribution is -0.136. The van der Waals surface area contributed by atoms with E-state index in [1.54, 1.807) is 0 Å². The molecule has 116 valence electrons. The Labute approximate surface area is 122 Å². The lowest BCUT2D eigenvalue weighted by Crippen LogP contribution is -2.54. The fourth-order valence-electron chi connectivity index (χ4n) is 2.63. The Bertz CT molecular complexity index is 348. The van der Waals surface area contributed by atoms with Crippen LogP contribution in [0, 0.1) is 5.41 Å². The molecule has 2 unspecified atom stereocenters. The van der Waals surface area contributed by atoms with Gasteiger partial charge in [-0.15, -0.1) is 0 Å². The minimum Gasteiger partial charge on any atom is -0.347 e. The topological polar surface area (TPSA) is 75.4 Å². The highest BCUT2D eigenvalue weighted by atomic mass is 16.2. The van der Waals surface area contributed by atoms with Crippen molar-refractivity contribution in [1.82, 2.24) is 10.2 Å². The summed E-state index contributed by atoms with van der Waals surface area (Å²) < 4.78 is 0. The van der Waals surface area contributed by atoms with E-state index in [4.69, 9.17) is 5.73 Å². The number of carbonyl (C=O) groups excluding carboxylic acids is 2. The van der Waals surface area contributed by atoms with Crippen LogP contribution < -0.4 is 11.1 Å². The Morgan fingerprint density at radius 2 is 2.00 bits per heavy atom. The van der Waals surface area contributed by atoms with E-state index in [0.29, 0.717) is 6.42 Å². The van der Waals surface area contributed by atoms with Gasteiger partial charge in [-0.3, -0.25) is 9.59 Å². The van der Waals surface area contributed by atoms with Gasteiger partial charge in [-0.2, -0.15) is 0 Å². The van der Waals surface area contributed by atoms with Crippen molar-refractivity contribution in [3.8, 4) is 0 Å². The van der Waals surface area contributed by atoms with Gasteiger partial charge in [-0.1, -0.05) is 20.8 Å². The van der Waals surface area contributed by atoms with Crippen molar-refractivity contribution in [3.63, 3.8) is 0 Å². The monoisotopic (exact) mass is 283 g/mol. The summed E-state index contributed by atoms with van der Waals surface area (Å²) in [6.07, 6.45) is 3.52. The largest absolute Gasteiger partial charge is 0.347 e. The maximum Gasteiger partial charge on any atom is 0.242 e. The summed E-state index contributed by atoms with van der Waals surface area (Å²) in [5.41, 5.74) is 5.89. The molecule has 0 radical (unpaired) electrons. The third kappa shape index (κ3) is 5.49. The number of hydrogen-bond donors (Lipinski definition) is 2. The maximum atomic E-state index is 12.2. The van der Waals surface area contributed by atoms with Crippen molar-refractivity contribution >= 4 is 11.8 Å². The summed E-state index contributed by atoms with van der Waals surface area (Å²) in [7, 11) is 0. The Morgan fingerprint density at radius 1 is 1.35 bits per heavy atom. The second-order valence-electron chi connectivity index (χ2n) is 7.02. The first-order valence-corrected chi connectivity index (χ1v) is 7.52. The quantitative estimate of drug-likeness (QED) is 0.816. The minimum absolute atomic E-state index is 0.0192. The molecule has 2 atom stereocenters. The number of nitrogens with one attached hydrogen (secondary N) is 1. The number of rotatable bonds is 4. The van der Waals surface area contributed by atoms with Crippen LogP contribution in [-0.2, 0) is 9.59 Å². The molecule has 0 aromatic rings. The molecule has 1 saturated heterocycles. The van der Waals surface area contributed by atoms with Gasteiger partial charge < -0.3 is 16.0 Å². The molecule has 0 aliphatic carbocycles. The van der Waals surface area contributed by atoms with E-state index in [1.165, 1.54) is 0 Å². The fraction of sp³-hybridized carbons (Fsp3) is 0.867. The van der Waals surface area contributed by atoms with Gasteiger partial charge in [0.25, 0.3) is 0 Å². The SMILES string of the molecule is CC(N)C1CCCCN1C(=O)CNC(=O)CC(C)(C)C. The van der Waals surface area contributed by atoms with Crippen molar-refractivity contribution < 1.29 is 9.59 Å². The van der Waals surface area contributed by atoms with E-state index in [9.17, 15) is 9.59 Å². The number of nitrogens with two attached hydrogens (primary N) is 1. The highest BCUT2D eigenvalue weighted by Gasteiger charge is 2.29. The average molecular weight is 283 g/mol. The summed E-state index contributed by atoms with van der Waals surface area (Å²) in [6.45, 7) is 8.79. The molecule has 1 aliphatic rings. The van der Waals surface area contributed by atoms with Gasteiger partial charge in [0, 0.05) is 25.0 Å². The second kappa shape index (κ2) is 7.07. The molecular formula is C15H29N3O2. The minimum atomic E-state index is -0.0693. The van der Waals surface area contributed by atoms with Gasteiger partial charge in [0.05, 0.1) is 6.54 Å². The molecule has 1 heterocycles. The first-order valence-electron chi connectivity index (χ1n) is 7.52. The number of carbonyl (C=O) groups is 2. The van der Waals surface area contributed by atoms with E-state index >= 15 is 0 Å². The summed E-state index contributed by atoms with van der Waals surface area (Å²) >= 11 is 0. The zero-order chi connectivity index (χ0) is 15.3. The van der Waals surface area contributed by atoms with Crippen LogP contribution in [0.15, 0.2) is 0 Å². The van der Waals surface area contributed by atoms with Crippen LogP contribution in [0.5, 0.6) is 0 Å². The molecule has 20 heavy (non-hydrogen) atoms. The van der Waals surface area contributed by atoms with Crippen LogP contribution >= 0.6 is 0 Å². The van der Waals surface area contributed by atoms with Crippen molar-refractivity contribution in [3.05, 3.63) is 0 Å². The third-order valence-corrected chi connectivity index (χ3v) is 3.60. The molecule has 1 rings (SSSR count). The Kier molecular flexibility index (Phi) is 5.99. The highest BCUT2D eigenvalue weighted by molar-refractivity contribution is 5.85. The number of likely N-dealkylation sites (tertiary alicyclic amines) is 1. The molecule has 0 bridgehead atoms. The fourth-order valence-corrected chi connectivity index (χ4v) is 2.63. The van der Waals surface area contributed by atoms with Gasteiger partial charge in [0.2, 0.25) is 11.8 Å². The average Bonchev–Trinajstić information content (AvgIpc) is 2.33. The Hall–Kier alpha value is -1.10. The molecule has 1 aliphatic heterocycles. The van der Waals surface area contributed by atoms with E-state index < -0.39 is 0 Å². The third-order valence-electron chi connectivity index (χ3n) is 3.60. The number of amides is 2. The van der Waals surface area contributed by atoms with Crippen LogP contribution in [0.4, 0.5) is 0 Å². The van der Waals surface area contributed by atoms with Gasteiger partial charge in [0.15, 0.2) is 0 Å². The smallest absolute Gasteiger partial charge is 0.242 e. The standard InChI is InChI=1S/C15H29N3O2/c1-11(16)12-7-5-6-8-18(12)14(20)10-17-13(19)9-15(2,3)4/h11-12H,5-10,16H2,1-4H3,(H,17,19). The zero-order valence-electron chi connectivity index (χ0n) is 13.2.